The SMILES string of the molecule is CC(C)OC(=O)OCOP(=O)(O)CN1CCC(NC(=O)c2[nH]ncc2CC(=O)c2c(Cl)cccc2Cl)CC1. The van der Waals surface area contributed by atoms with E-state index in [0.717, 1.165) is 0 Å². The summed E-state index contributed by atoms with van der Waals surface area (Å²) < 4.78 is 26.5. The van der Waals surface area contributed by atoms with Crippen LogP contribution >= 0.6 is 30.8 Å². The Morgan fingerprint density at radius 2 is 1.89 bits per heavy atom. The second kappa shape index (κ2) is 13.5. The first-order chi connectivity index (χ1) is 17.9. The molecule has 1 aliphatic heterocycles. The van der Waals surface area contributed by atoms with Gasteiger partial charge in [-0.25, -0.2) is 4.79 Å². The zero-order chi connectivity index (χ0) is 27.9. The Labute approximate surface area is 229 Å². The monoisotopic (exact) mass is 590 g/mol. The minimum absolute atomic E-state index is 0.119. The van der Waals surface area contributed by atoms with Gasteiger partial charge in [0, 0.05) is 31.1 Å². The van der Waals surface area contributed by atoms with E-state index in [0.29, 0.717) is 31.5 Å². The Bertz CT molecular complexity index is 1180. The molecule has 1 fully saturated rings. The Kier molecular flexibility index (Phi) is 10.7. The molecule has 3 N–H and O–H groups in total. The van der Waals surface area contributed by atoms with Crippen molar-refractivity contribution in [2.75, 3.05) is 26.2 Å². The van der Waals surface area contributed by atoms with Gasteiger partial charge in [-0.15, -0.1) is 0 Å². The lowest BCUT2D eigenvalue weighted by Gasteiger charge is -2.32. The standard InChI is InChI=1S/C23H29Cl2N4O8P/c1-14(2)37-23(32)35-13-36-38(33,34)12-29-8-6-16(7-9-29)27-22(31)21-15(11-26-28-21)10-19(30)20-17(24)4-3-5-18(20)25/h3-5,11,14,16H,6-10,12-13H2,1-2H3,(H,26,28)(H,27,31)(H,33,34). The quantitative estimate of drug-likeness (QED) is 0.151. The Morgan fingerprint density at radius 3 is 2.53 bits per heavy atom. The number of nitrogens with one attached hydrogen (secondary N) is 2. The molecule has 12 nitrogen and oxygen atoms in total. The number of hydrogen-bond donors (Lipinski definition) is 3. The summed E-state index contributed by atoms with van der Waals surface area (Å²) in [6.45, 7) is 3.42. The van der Waals surface area contributed by atoms with Crippen molar-refractivity contribution in [3.8, 4) is 0 Å². The number of aromatic amines is 1. The van der Waals surface area contributed by atoms with Gasteiger partial charge in [0.05, 0.1) is 27.9 Å². The van der Waals surface area contributed by atoms with E-state index in [2.05, 4.69) is 20.3 Å². The molecule has 1 amide bonds. The molecule has 1 aromatic carbocycles. The summed E-state index contributed by atoms with van der Waals surface area (Å²) in [5, 5.41) is 9.90. The second-order valence-corrected chi connectivity index (χ2v) is 11.5. The molecule has 1 saturated heterocycles. The summed E-state index contributed by atoms with van der Waals surface area (Å²) >= 11 is 12.2. The number of likely N-dealkylation sites (tertiary alicyclic amines) is 1. The lowest BCUT2D eigenvalue weighted by Crippen LogP contribution is -2.45. The number of carbonyl (C=O) groups is 3. The number of piperidine rings is 1. The molecule has 1 unspecified atom stereocenters. The Morgan fingerprint density at radius 1 is 1.24 bits per heavy atom. The molecule has 1 aromatic heterocycles. The third kappa shape index (κ3) is 8.79. The van der Waals surface area contributed by atoms with Crippen molar-refractivity contribution in [2.24, 2.45) is 0 Å². The highest BCUT2D eigenvalue weighted by Gasteiger charge is 2.29. The molecule has 1 aliphatic rings. The highest BCUT2D eigenvalue weighted by atomic mass is 35.5. The first-order valence-electron chi connectivity index (χ1n) is 11.8. The number of Topliss-reactive ketones (excluding diaryl/α,β-unsaturated/α-hetero) is 1. The molecule has 1 atom stereocenters. The normalized spacial score (nSPS) is 16.2. The number of H-pyrrole nitrogens is 1. The molecule has 0 aliphatic carbocycles. The molecule has 0 saturated carbocycles. The van der Waals surface area contributed by atoms with Crippen LogP contribution in [0.3, 0.4) is 0 Å². The molecule has 38 heavy (non-hydrogen) atoms. The maximum atomic E-state index is 12.9. The van der Waals surface area contributed by atoms with Gasteiger partial charge in [-0.2, -0.15) is 5.10 Å². The van der Waals surface area contributed by atoms with E-state index in [4.69, 9.17) is 32.5 Å². The molecular weight excluding hydrogens is 562 g/mol. The number of amides is 1. The van der Waals surface area contributed by atoms with E-state index in [1.807, 2.05) is 0 Å². The van der Waals surface area contributed by atoms with Crippen LogP contribution in [0.1, 0.15) is 53.1 Å². The van der Waals surface area contributed by atoms with Gasteiger partial charge in [0.2, 0.25) is 6.79 Å². The Hall–Kier alpha value is -2.47. The van der Waals surface area contributed by atoms with E-state index in [1.165, 1.54) is 6.20 Å². The Balaban J connectivity index is 1.46. The molecule has 3 rings (SSSR count). The summed E-state index contributed by atoms with van der Waals surface area (Å²) in [6, 6.07) is 4.57. The van der Waals surface area contributed by atoms with Gasteiger partial charge in [0.1, 0.15) is 12.0 Å². The number of rotatable bonds is 11. The average molecular weight is 591 g/mol. The van der Waals surface area contributed by atoms with Crippen LogP contribution < -0.4 is 5.32 Å². The number of nitrogens with zero attached hydrogens (tertiary/aromatic N) is 2. The first kappa shape index (κ1) is 30.1. The molecule has 208 valence electrons. The highest BCUT2D eigenvalue weighted by Crippen LogP contribution is 2.42. The number of ether oxygens (including phenoxy) is 2. The fourth-order valence-electron chi connectivity index (χ4n) is 3.82. The summed E-state index contributed by atoms with van der Waals surface area (Å²) in [7, 11) is -4.05. The maximum Gasteiger partial charge on any atom is 0.510 e. The van der Waals surface area contributed by atoms with E-state index in [9.17, 15) is 23.8 Å². The van der Waals surface area contributed by atoms with Crippen LogP contribution in [0.25, 0.3) is 0 Å². The molecule has 15 heteroatoms. The van der Waals surface area contributed by atoms with Crippen molar-refractivity contribution in [1.82, 2.24) is 20.4 Å². The first-order valence-corrected chi connectivity index (χ1v) is 14.3. The van der Waals surface area contributed by atoms with Gasteiger partial charge in [-0.3, -0.25) is 28.7 Å². The van der Waals surface area contributed by atoms with Gasteiger partial charge >= 0.3 is 13.8 Å². The van der Waals surface area contributed by atoms with Crippen molar-refractivity contribution in [3.63, 3.8) is 0 Å². The van der Waals surface area contributed by atoms with E-state index in [1.54, 1.807) is 36.9 Å². The van der Waals surface area contributed by atoms with Crippen molar-refractivity contribution < 1.29 is 37.8 Å². The van der Waals surface area contributed by atoms with Gasteiger partial charge in [0.25, 0.3) is 5.91 Å². The number of aromatic nitrogens is 2. The van der Waals surface area contributed by atoms with Crippen LogP contribution in [0, 0.1) is 0 Å². The predicted octanol–water partition coefficient (Wildman–Crippen LogP) is 4.01. The van der Waals surface area contributed by atoms with E-state index < -0.39 is 26.5 Å². The predicted molar refractivity (Wildman–Crippen MR) is 138 cm³/mol. The van der Waals surface area contributed by atoms with Crippen LogP contribution in [0.5, 0.6) is 0 Å². The third-order valence-corrected chi connectivity index (χ3v) is 7.50. The summed E-state index contributed by atoms with van der Waals surface area (Å²) in [5.41, 5.74) is 0.745. The second-order valence-electron chi connectivity index (χ2n) is 8.92. The van der Waals surface area contributed by atoms with Crippen molar-refractivity contribution in [2.45, 2.75) is 45.3 Å². The van der Waals surface area contributed by atoms with Crippen LogP contribution in [0.2, 0.25) is 10.0 Å². The van der Waals surface area contributed by atoms with Crippen LogP contribution in [-0.2, 0) is 25.0 Å². The number of carbonyl (C=O) groups excluding carboxylic acids is 3. The van der Waals surface area contributed by atoms with Crippen LogP contribution in [0.15, 0.2) is 24.4 Å². The van der Waals surface area contributed by atoms with Crippen LogP contribution in [0.4, 0.5) is 4.79 Å². The smallest absolute Gasteiger partial charge is 0.432 e. The fourth-order valence-corrected chi connectivity index (χ4v) is 5.52. The molecule has 0 spiro atoms. The minimum atomic E-state index is -4.05. The number of hydrogen-bond acceptors (Lipinski definition) is 9. The van der Waals surface area contributed by atoms with Crippen molar-refractivity contribution >= 4 is 48.6 Å². The summed E-state index contributed by atoms with van der Waals surface area (Å²) in [4.78, 5) is 48.8. The van der Waals surface area contributed by atoms with Gasteiger partial charge < -0.3 is 19.7 Å². The zero-order valence-electron chi connectivity index (χ0n) is 20.8. The molecule has 2 aromatic rings. The fraction of sp³-hybridized carbons (Fsp3) is 0.478. The van der Waals surface area contributed by atoms with Gasteiger partial charge in [0.15, 0.2) is 5.78 Å². The lowest BCUT2D eigenvalue weighted by atomic mass is 10.0. The highest BCUT2D eigenvalue weighted by molar-refractivity contribution is 7.52. The number of ketones is 1. The molecule has 2 heterocycles. The van der Waals surface area contributed by atoms with E-state index in [-0.39, 0.29) is 51.9 Å². The topological polar surface area (TPSA) is 160 Å². The zero-order valence-corrected chi connectivity index (χ0v) is 23.2. The summed E-state index contributed by atoms with van der Waals surface area (Å²) in [5.74, 6) is -0.766. The third-order valence-electron chi connectivity index (χ3n) is 5.60. The largest absolute Gasteiger partial charge is 0.510 e. The lowest BCUT2D eigenvalue weighted by molar-refractivity contribution is -0.0118. The van der Waals surface area contributed by atoms with Gasteiger partial charge in [-0.05, 0) is 38.8 Å². The number of benzene rings is 1. The van der Waals surface area contributed by atoms with Crippen molar-refractivity contribution in [1.29, 1.82) is 0 Å². The number of halogens is 2. The van der Waals surface area contributed by atoms with E-state index >= 15 is 0 Å². The van der Waals surface area contributed by atoms with Crippen molar-refractivity contribution in [3.05, 3.63) is 51.3 Å². The molecular formula is C23H29Cl2N4O8P. The summed E-state index contributed by atoms with van der Waals surface area (Å²) in [6.07, 6.45) is 0.681. The minimum Gasteiger partial charge on any atom is -0.432 e. The van der Waals surface area contributed by atoms with Gasteiger partial charge in [-0.1, -0.05) is 29.3 Å². The van der Waals surface area contributed by atoms with Crippen LogP contribution in [-0.4, -0.2) is 76.2 Å². The maximum absolute atomic E-state index is 12.9. The average Bonchev–Trinajstić information content (AvgIpc) is 3.27. The molecule has 0 bridgehead atoms. The molecule has 0 radical (unpaired) electrons.